The van der Waals surface area contributed by atoms with E-state index < -0.39 is 18.1 Å². The van der Waals surface area contributed by atoms with Crippen LogP contribution in [0.4, 0.5) is 0 Å². The Morgan fingerprint density at radius 1 is 1.20 bits per heavy atom. The number of thiazole rings is 1. The van der Waals surface area contributed by atoms with Crippen LogP contribution < -0.4 is 0 Å². The molecule has 2 aromatic carbocycles. The van der Waals surface area contributed by atoms with E-state index in [-0.39, 0.29) is 0 Å². The van der Waals surface area contributed by atoms with Crippen molar-refractivity contribution >= 4 is 43.4 Å². The number of likely N-dealkylation sites (N-methyl/N-ethyl adjacent to an activating group) is 1. The molecule has 0 saturated heterocycles. The molecule has 2 atom stereocenters. The molecular weight excluding hydrogens is 404 g/mol. The van der Waals surface area contributed by atoms with Crippen LogP contribution in [0.3, 0.4) is 0 Å². The van der Waals surface area contributed by atoms with E-state index in [1.807, 2.05) is 48.5 Å². The van der Waals surface area contributed by atoms with Crippen LogP contribution in [0.5, 0.6) is 0 Å². The number of nitrogens with zero attached hydrogens (tertiary/aromatic N) is 2. The SMILES string of the molecule is CN(Cc1ccc(Br)cc1)C(=O)C(O)C(O)c1nc2ccccc2s1. The molecular formula is C18H17BrN2O3S. The van der Waals surface area contributed by atoms with Gasteiger partial charge in [0.05, 0.1) is 10.2 Å². The van der Waals surface area contributed by atoms with Gasteiger partial charge in [0.15, 0.2) is 6.10 Å². The van der Waals surface area contributed by atoms with Crippen LogP contribution in [-0.4, -0.2) is 39.2 Å². The molecule has 3 rings (SSSR count). The van der Waals surface area contributed by atoms with Crippen molar-refractivity contribution in [2.45, 2.75) is 18.8 Å². The van der Waals surface area contributed by atoms with Gasteiger partial charge in [0, 0.05) is 18.1 Å². The molecule has 0 spiro atoms. The Kier molecular flexibility index (Phi) is 5.48. The Labute approximate surface area is 157 Å². The lowest BCUT2D eigenvalue weighted by molar-refractivity contribution is -0.145. The summed E-state index contributed by atoms with van der Waals surface area (Å²) in [5, 5.41) is 21.0. The van der Waals surface area contributed by atoms with Gasteiger partial charge in [-0.25, -0.2) is 4.98 Å². The monoisotopic (exact) mass is 420 g/mol. The fourth-order valence-corrected chi connectivity index (χ4v) is 3.70. The molecule has 1 heterocycles. The van der Waals surface area contributed by atoms with Gasteiger partial charge in [0.2, 0.25) is 0 Å². The number of fused-ring (bicyclic) bond motifs is 1. The van der Waals surface area contributed by atoms with Gasteiger partial charge in [0.1, 0.15) is 11.1 Å². The fraction of sp³-hybridized carbons (Fsp3) is 0.222. The van der Waals surface area contributed by atoms with Gasteiger partial charge in [-0.3, -0.25) is 4.79 Å². The van der Waals surface area contributed by atoms with Crippen molar-refractivity contribution in [3.63, 3.8) is 0 Å². The lowest BCUT2D eigenvalue weighted by Crippen LogP contribution is -2.39. The van der Waals surface area contributed by atoms with Crippen LogP contribution in [-0.2, 0) is 11.3 Å². The van der Waals surface area contributed by atoms with Crippen molar-refractivity contribution in [3.8, 4) is 0 Å². The predicted molar refractivity (Wildman–Crippen MR) is 101 cm³/mol. The zero-order chi connectivity index (χ0) is 18.0. The van der Waals surface area contributed by atoms with Crippen molar-refractivity contribution < 1.29 is 15.0 Å². The number of aromatic nitrogens is 1. The standard InChI is InChI=1S/C18H17BrN2O3S/c1-21(10-11-6-8-12(19)9-7-11)18(24)16(23)15(22)17-20-13-4-2-3-5-14(13)25-17/h2-9,15-16,22-23H,10H2,1H3. The highest BCUT2D eigenvalue weighted by atomic mass is 79.9. The molecule has 0 radical (unpaired) electrons. The second-order valence-corrected chi connectivity index (χ2v) is 7.71. The second-order valence-electron chi connectivity index (χ2n) is 5.73. The summed E-state index contributed by atoms with van der Waals surface area (Å²) in [6.45, 7) is 0.343. The fourth-order valence-electron chi connectivity index (χ4n) is 2.45. The molecule has 130 valence electrons. The first kappa shape index (κ1) is 18.0. The van der Waals surface area contributed by atoms with Crippen LogP contribution >= 0.6 is 27.3 Å². The summed E-state index contributed by atoms with van der Waals surface area (Å²) in [6.07, 6.45) is -2.90. The molecule has 1 aromatic heterocycles. The van der Waals surface area contributed by atoms with Gasteiger partial charge in [-0.1, -0.05) is 40.2 Å². The molecule has 0 bridgehead atoms. The molecule has 2 unspecified atom stereocenters. The summed E-state index contributed by atoms with van der Waals surface area (Å²) in [7, 11) is 1.60. The van der Waals surface area contributed by atoms with E-state index >= 15 is 0 Å². The molecule has 1 amide bonds. The summed E-state index contributed by atoms with van der Waals surface area (Å²) in [5.74, 6) is -0.547. The summed E-state index contributed by atoms with van der Waals surface area (Å²) >= 11 is 4.64. The minimum Gasteiger partial charge on any atom is -0.383 e. The maximum absolute atomic E-state index is 12.4. The Balaban J connectivity index is 1.70. The number of benzene rings is 2. The first-order chi connectivity index (χ1) is 12.0. The number of hydrogen-bond donors (Lipinski definition) is 2. The number of rotatable bonds is 5. The van der Waals surface area contributed by atoms with E-state index in [2.05, 4.69) is 20.9 Å². The maximum atomic E-state index is 12.4. The van der Waals surface area contributed by atoms with Crippen LogP contribution in [0.15, 0.2) is 53.0 Å². The molecule has 25 heavy (non-hydrogen) atoms. The third-order valence-corrected chi connectivity index (χ3v) is 5.46. The Morgan fingerprint density at radius 2 is 1.88 bits per heavy atom. The van der Waals surface area contributed by atoms with Gasteiger partial charge in [-0.15, -0.1) is 11.3 Å². The summed E-state index contributed by atoms with van der Waals surface area (Å²) in [4.78, 5) is 18.1. The first-order valence-electron chi connectivity index (χ1n) is 7.66. The molecule has 0 fully saturated rings. The van der Waals surface area contributed by atoms with Gasteiger partial charge >= 0.3 is 0 Å². The van der Waals surface area contributed by atoms with Crippen molar-refractivity contribution in [1.82, 2.24) is 9.88 Å². The van der Waals surface area contributed by atoms with Crippen LogP contribution in [0.2, 0.25) is 0 Å². The molecule has 3 aromatic rings. The van der Waals surface area contributed by atoms with E-state index in [1.54, 1.807) is 7.05 Å². The maximum Gasteiger partial charge on any atom is 0.254 e. The third kappa shape index (κ3) is 4.07. The number of carbonyl (C=O) groups excluding carboxylic acids is 1. The highest BCUT2D eigenvalue weighted by Crippen LogP contribution is 2.28. The highest BCUT2D eigenvalue weighted by molar-refractivity contribution is 9.10. The number of amides is 1. The van der Waals surface area contributed by atoms with Gasteiger partial charge < -0.3 is 15.1 Å². The van der Waals surface area contributed by atoms with Crippen LogP contribution in [0.25, 0.3) is 10.2 Å². The molecule has 0 saturated carbocycles. The van der Waals surface area contributed by atoms with Crippen LogP contribution in [0, 0.1) is 0 Å². The van der Waals surface area contributed by atoms with E-state index in [0.717, 1.165) is 20.3 Å². The molecule has 5 nitrogen and oxygen atoms in total. The largest absolute Gasteiger partial charge is 0.383 e. The average Bonchev–Trinajstić information content (AvgIpc) is 3.05. The number of halogens is 1. The number of aliphatic hydroxyl groups excluding tert-OH is 2. The molecule has 7 heteroatoms. The second kappa shape index (κ2) is 7.61. The van der Waals surface area contributed by atoms with Crippen molar-refractivity contribution in [2.24, 2.45) is 0 Å². The van der Waals surface area contributed by atoms with Crippen LogP contribution in [0.1, 0.15) is 16.7 Å². The third-order valence-electron chi connectivity index (χ3n) is 3.82. The minimum atomic E-state index is -1.55. The summed E-state index contributed by atoms with van der Waals surface area (Å²) in [6, 6.07) is 15.0. The van der Waals surface area contributed by atoms with E-state index in [4.69, 9.17) is 0 Å². The number of hydrogen-bond acceptors (Lipinski definition) is 5. The van der Waals surface area contributed by atoms with Gasteiger partial charge in [-0.05, 0) is 29.8 Å². The zero-order valence-electron chi connectivity index (χ0n) is 13.5. The Morgan fingerprint density at radius 3 is 2.56 bits per heavy atom. The number of para-hydroxylation sites is 1. The summed E-state index contributed by atoms with van der Waals surface area (Å²) < 4.78 is 1.86. The van der Waals surface area contributed by atoms with Crippen molar-refractivity contribution in [1.29, 1.82) is 0 Å². The lowest BCUT2D eigenvalue weighted by Gasteiger charge is -2.23. The Bertz CT molecular complexity index is 848. The van der Waals surface area contributed by atoms with Crippen molar-refractivity contribution in [3.05, 3.63) is 63.6 Å². The van der Waals surface area contributed by atoms with E-state index in [9.17, 15) is 15.0 Å². The molecule has 0 aliphatic carbocycles. The number of aliphatic hydroxyl groups is 2. The quantitative estimate of drug-likeness (QED) is 0.664. The lowest BCUT2D eigenvalue weighted by atomic mass is 10.1. The number of carbonyl (C=O) groups is 1. The van der Waals surface area contributed by atoms with Gasteiger partial charge in [0.25, 0.3) is 5.91 Å². The molecule has 2 N–H and O–H groups in total. The van der Waals surface area contributed by atoms with Crippen molar-refractivity contribution in [2.75, 3.05) is 7.05 Å². The van der Waals surface area contributed by atoms with Gasteiger partial charge in [-0.2, -0.15) is 0 Å². The topological polar surface area (TPSA) is 73.7 Å². The average molecular weight is 421 g/mol. The van der Waals surface area contributed by atoms with E-state index in [1.165, 1.54) is 16.2 Å². The summed E-state index contributed by atoms with van der Waals surface area (Å²) in [5.41, 5.74) is 1.67. The predicted octanol–water partition coefficient (Wildman–Crippen LogP) is 3.11. The molecule has 0 aliphatic heterocycles. The highest BCUT2D eigenvalue weighted by Gasteiger charge is 2.30. The minimum absolute atomic E-state index is 0.332. The molecule has 0 aliphatic rings. The first-order valence-corrected chi connectivity index (χ1v) is 9.27. The van der Waals surface area contributed by atoms with E-state index in [0.29, 0.717) is 11.6 Å². The Hall–Kier alpha value is -1.80. The zero-order valence-corrected chi connectivity index (χ0v) is 15.9. The smallest absolute Gasteiger partial charge is 0.254 e. The normalized spacial score (nSPS) is 13.6.